The first kappa shape index (κ1) is 13.8. The molecule has 0 bridgehead atoms. The zero-order chi connectivity index (χ0) is 14.0. The van der Waals surface area contributed by atoms with Gasteiger partial charge in [-0.15, -0.1) is 0 Å². The van der Waals surface area contributed by atoms with Crippen LogP contribution in [-0.4, -0.2) is 33.7 Å². The number of aryl methyl sites for hydroxylation is 2. The predicted octanol–water partition coefficient (Wildman–Crippen LogP) is 2.31. The van der Waals surface area contributed by atoms with E-state index in [4.69, 9.17) is 0 Å². The Bertz CT molecular complexity index is 494. The lowest BCUT2D eigenvalue weighted by Crippen LogP contribution is -2.36. The van der Waals surface area contributed by atoms with Crippen LogP contribution in [0.4, 0.5) is 0 Å². The number of aromatic nitrogens is 2. The van der Waals surface area contributed by atoms with Crippen LogP contribution in [0.5, 0.6) is 0 Å². The van der Waals surface area contributed by atoms with Crippen molar-refractivity contribution >= 4 is 12.0 Å². The lowest BCUT2D eigenvalue weighted by atomic mass is 9.99. The maximum atomic E-state index is 12.1. The fourth-order valence-corrected chi connectivity index (χ4v) is 2.52. The summed E-state index contributed by atoms with van der Waals surface area (Å²) in [4.78, 5) is 14.1. The summed E-state index contributed by atoms with van der Waals surface area (Å²) in [5, 5.41) is 4.35. The van der Waals surface area contributed by atoms with Crippen LogP contribution < -0.4 is 0 Å². The second-order valence-electron chi connectivity index (χ2n) is 5.55. The van der Waals surface area contributed by atoms with Crippen LogP contribution in [0.25, 0.3) is 6.08 Å². The van der Waals surface area contributed by atoms with Gasteiger partial charge in [-0.2, -0.15) is 5.10 Å². The number of hydrogen-bond acceptors (Lipinski definition) is 2. The molecule has 1 aliphatic rings. The van der Waals surface area contributed by atoms with E-state index in [0.717, 1.165) is 48.8 Å². The SMILES string of the molecule is Cc1nn(C)c(C)c1C=CC(=O)N1CCC(C)CC1. The molecule has 4 nitrogen and oxygen atoms in total. The van der Waals surface area contributed by atoms with Gasteiger partial charge in [0.05, 0.1) is 5.69 Å². The van der Waals surface area contributed by atoms with Crippen LogP contribution in [0.2, 0.25) is 0 Å². The van der Waals surface area contributed by atoms with Crippen molar-refractivity contribution in [3.63, 3.8) is 0 Å². The highest BCUT2D eigenvalue weighted by molar-refractivity contribution is 5.92. The van der Waals surface area contributed by atoms with Crippen LogP contribution in [0.15, 0.2) is 6.08 Å². The van der Waals surface area contributed by atoms with Gasteiger partial charge in [-0.05, 0) is 38.7 Å². The predicted molar refractivity (Wildman–Crippen MR) is 76.7 cm³/mol. The number of nitrogens with zero attached hydrogens (tertiary/aromatic N) is 3. The summed E-state index contributed by atoms with van der Waals surface area (Å²) in [5.74, 6) is 0.866. The summed E-state index contributed by atoms with van der Waals surface area (Å²) >= 11 is 0. The van der Waals surface area contributed by atoms with Crippen molar-refractivity contribution in [1.82, 2.24) is 14.7 Å². The quantitative estimate of drug-likeness (QED) is 0.766. The molecule has 0 atom stereocenters. The van der Waals surface area contributed by atoms with Gasteiger partial charge in [0.15, 0.2) is 0 Å². The number of amides is 1. The molecule has 1 aromatic heterocycles. The number of likely N-dealkylation sites (tertiary alicyclic amines) is 1. The standard InChI is InChI=1S/C15H23N3O/c1-11-7-9-18(10-8-11)15(19)6-5-14-12(2)16-17(4)13(14)3/h5-6,11H,7-10H2,1-4H3. The molecule has 0 aliphatic carbocycles. The molecule has 0 saturated carbocycles. The van der Waals surface area contributed by atoms with Crippen molar-refractivity contribution in [3.05, 3.63) is 23.0 Å². The van der Waals surface area contributed by atoms with Gasteiger partial charge in [0.25, 0.3) is 0 Å². The summed E-state index contributed by atoms with van der Waals surface area (Å²) in [6.07, 6.45) is 5.82. The summed E-state index contributed by atoms with van der Waals surface area (Å²) < 4.78 is 1.85. The molecular weight excluding hydrogens is 238 g/mol. The van der Waals surface area contributed by atoms with Gasteiger partial charge in [-0.1, -0.05) is 6.92 Å². The van der Waals surface area contributed by atoms with E-state index in [1.807, 2.05) is 36.6 Å². The third-order valence-corrected chi connectivity index (χ3v) is 4.05. The monoisotopic (exact) mass is 261 g/mol. The maximum absolute atomic E-state index is 12.1. The Labute approximate surface area is 115 Å². The van der Waals surface area contributed by atoms with Crippen molar-refractivity contribution in [2.24, 2.45) is 13.0 Å². The van der Waals surface area contributed by atoms with E-state index in [1.54, 1.807) is 6.08 Å². The van der Waals surface area contributed by atoms with Crippen molar-refractivity contribution in [1.29, 1.82) is 0 Å². The number of hydrogen-bond donors (Lipinski definition) is 0. The van der Waals surface area contributed by atoms with E-state index < -0.39 is 0 Å². The van der Waals surface area contributed by atoms with Crippen molar-refractivity contribution in [2.75, 3.05) is 13.1 Å². The highest BCUT2D eigenvalue weighted by atomic mass is 16.2. The third-order valence-electron chi connectivity index (χ3n) is 4.05. The van der Waals surface area contributed by atoms with Crippen molar-refractivity contribution < 1.29 is 4.79 Å². The Balaban J connectivity index is 2.04. The van der Waals surface area contributed by atoms with Gasteiger partial charge in [0.1, 0.15) is 0 Å². The molecule has 0 aromatic carbocycles. The van der Waals surface area contributed by atoms with E-state index in [9.17, 15) is 4.79 Å². The van der Waals surface area contributed by atoms with Crippen LogP contribution in [0.1, 0.15) is 36.7 Å². The zero-order valence-corrected chi connectivity index (χ0v) is 12.3. The Kier molecular flexibility index (Phi) is 4.08. The van der Waals surface area contributed by atoms with Gasteiger partial charge in [0.2, 0.25) is 5.91 Å². The molecule has 1 fully saturated rings. The highest BCUT2D eigenvalue weighted by Crippen LogP contribution is 2.17. The fraction of sp³-hybridized carbons (Fsp3) is 0.600. The van der Waals surface area contributed by atoms with E-state index >= 15 is 0 Å². The Morgan fingerprint density at radius 1 is 1.32 bits per heavy atom. The molecule has 1 amide bonds. The average molecular weight is 261 g/mol. The van der Waals surface area contributed by atoms with E-state index in [0.29, 0.717) is 0 Å². The minimum Gasteiger partial charge on any atom is -0.339 e. The molecule has 2 heterocycles. The number of piperidine rings is 1. The summed E-state index contributed by atoms with van der Waals surface area (Å²) in [7, 11) is 1.92. The molecule has 0 radical (unpaired) electrons. The lowest BCUT2D eigenvalue weighted by Gasteiger charge is -2.29. The number of carbonyl (C=O) groups excluding carboxylic acids is 1. The van der Waals surface area contributed by atoms with Crippen molar-refractivity contribution in [2.45, 2.75) is 33.6 Å². The smallest absolute Gasteiger partial charge is 0.246 e. The maximum Gasteiger partial charge on any atom is 0.246 e. The molecule has 0 N–H and O–H groups in total. The third kappa shape index (κ3) is 3.06. The van der Waals surface area contributed by atoms with Gasteiger partial charge < -0.3 is 4.90 Å². The zero-order valence-electron chi connectivity index (χ0n) is 12.3. The topological polar surface area (TPSA) is 38.1 Å². The first-order valence-electron chi connectivity index (χ1n) is 6.96. The molecule has 4 heteroatoms. The molecule has 0 unspecified atom stereocenters. The lowest BCUT2D eigenvalue weighted by molar-refractivity contribution is -0.127. The second kappa shape index (κ2) is 5.59. The molecule has 104 valence electrons. The molecule has 1 aliphatic heterocycles. The summed E-state index contributed by atoms with van der Waals surface area (Å²) in [5.41, 5.74) is 3.12. The first-order chi connectivity index (χ1) is 8.99. The minimum atomic E-state index is 0.120. The largest absolute Gasteiger partial charge is 0.339 e. The van der Waals surface area contributed by atoms with E-state index in [-0.39, 0.29) is 5.91 Å². The van der Waals surface area contributed by atoms with Crippen LogP contribution in [-0.2, 0) is 11.8 Å². The first-order valence-corrected chi connectivity index (χ1v) is 6.96. The fourth-order valence-electron chi connectivity index (χ4n) is 2.52. The van der Waals surface area contributed by atoms with Crippen LogP contribution in [0, 0.1) is 19.8 Å². The Hall–Kier alpha value is -1.58. The molecule has 1 aromatic rings. The highest BCUT2D eigenvalue weighted by Gasteiger charge is 2.18. The van der Waals surface area contributed by atoms with Gasteiger partial charge in [-0.25, -0.2) is 0 Å². The number of rotatable bonds is 2. The normalized spacial score (nSPS) is 17.4. The Morgan fingerprint density at radius 3 is 2.47 bits per heavy atom. The van der Waals surface area contributed by atoms with Crippen LogP contribution >= 0.6 is 0 Å². The van der Waals surface area contributed by atoms with Gasteiger partial charge >= 0.3 is 0 Å². The average Bonchev–Trinajstić information content (AvgIpc) is 2.62. The van der Waals surface area contributed by atoms with Gasteiger partial charge in [0, 0.05) is 37.5 Å². The molecular formula is C15H23N3O. The number of carbonyl (C=O) groups is 1. The molecule has 1 saturated heterocycles. The van der Waals surface area contributed by atoms with E-state index in [2.05, 4.69) is 12.0 Å². The second-order valence-corrected chi connectivity index (χ2v) is 5.55. The van der Waals surface area contributed by atoms with Gasteiger partial charge in [-0.3, -0.25) is 9.48 Å². The Morgan fingerprint density at radius 2 is 1.95 bits per heavy atom. The van der Waals surface area contributed by atoms with Crippen molar-refractivity contribution in [3.8, 4) is 0 Å². The summed E-state index contributed by atoms with van der Waals surface area (Å²) in [6.45, 7) is 8.01. The molecule has 0 spiro atoms. The molecule has 2 rings (SSSR count). The summed E-state index contributed by atoms with van der Waals surface area (Å²) in [6, 6.07) is 0. The van der Waals surface area contributed by atoms with Crippen LogP contribution in [0.3, 0.4) is 0 Å². The van der Waals surface area contributed by atoms with E-state index in [1.165, 1.54) is 0 Å². The molecule has 19 heavy (non-hydrogen) atoms. The minimum absolute atomic E-state index is 0.120.